The summed E-state index contributed by atoms with van der Waals surface area (Å²) < 4.78 is 35.1. The van der Waals surface area contributed by atoms with Gasteiger partial charge in [0.15, 0.2) is 11.6 Å². The van der Waals surface area contributed by atoms with Crippen LogP contribution in [-0.2, 0) is 6.42 Å². The number of ether oxygens (including phenoxy) is 1. The largest absolute Gasteiger partial charge is 0.477 e. The van der Waals surface area contributed by atoms with E-state index in [1.54, 1.807) is 24.3 Å². The van der Waals surface area contributed by atoms with Crippen LogP contribution in [0.2, 0.25) is 0 Å². The lowest BCUT2D eigenvalue weighted by Crippen LogP contribution is -2.15. The SMILES string of the molecule is CCCCC[C@H]1CC[C@H](CCc2ccc(-c3ccc(OCCCC)nn3)c(F)c2F)CC1. The highest BCUT2D eigenvalue weighted by Crippen LogP contribution is 2.35. The fraction of sp³-hybridized carbons (Fsp3) is 0.630. The number of halogens is 2. The van der Waals surface area contributed by atoms with Gasteiger partial charge < -0.3 is 4.74 Å². The summed E-state index contributed by atoms with van der Waals surface area (Å²) in [5.74, 6) is 0.318. The molecule has 5 heteroatoms. The smallest absolute Gasteiger partial charge is 0.233 e. The summed E-state index contributed by atoms with van der Waals surface area (Å²) in [7, 11) is 0. The number of nitrogens with zero attached hydrogens (tertiary/aromatic N) is 2. The summed E-state index contributed by atoms with van der Waals surface area (Å²) in [5, 5.41) is 8.02. The molecular weight excluding hydrogens is 406 g/mol. The Hall–Kier alpha value is -2.04. The second kappa shape index (κ2) is 12.9. The molecule has 0 radical (unpaired) electrons. The van der Waals surface area contributed by atoms with Gasteiger partial charge in [0.1, 0.15) is 0 Å². The Morgan fingerprint density at radius 3 is 2.19 bits per heavy atom. The van der Waals surface area contributed by atoms with Crippen LogP contribution < -0.4 is 4.74 Å². The summed E-state index contributed by atoms with van der Waals surface area (Å²) in [6.45, 7) is 4.90. The van der Waals surface area contributed by atoms with Crippen molar-refractivity contribution in [2.45, 2.75) is 90.9 Å². The normalized spacial score (nSPS) is 18.6. The van der Waals surface area contributed by atoms with Gasteiger partial charge in [0.05, 0.1) is 12.3 Å². The lowest BCUT2D eigenvalue weighted by Gasteiger charge is -2.28. The first-order valence-electron chi connectivity index (χ1n) is 12.6. The van der Waals surface area contributed by atoms with Crippen molar-refractivity contribution in [3.63, 3.8) is 0 Å². The highest BCUT2D eigenvalue weighted by Gasteiger charge is 2.22. The molecular formula is C27H38F2N2O. The molecule has 32 heavy (non-hydrogen) atoms. The Kier molecular flexibility index (Phi) is 9.89. The van der Waals surface area contributed by atoms with E-state index in [4.69, 9.17) is 4.74 Å². The summed E-state index contributed by atoms with van der Waals surface area (Å²) in [5.41, 5.74) is 0.924. The average molecular weight is 445 g/mol. The first kappa shape index (κ1) is 24.6. The number of aromatic nitrogens is 2. The van der Waals surface area contributed by atoms with Gasteiger partial charge in [0.2, 0.25) is 5.88 Å². The van der Waals surface area contributed by atoms with E-state index in [0.29, 0.717) is 36.1 Å². The van der Waals surface area contributed by atoms with Crippen LogP contribution in [0.4, 0.5) is 8.78 Å². The molecule has 2 aromatic rings. The third-order valence-corrected chi connectivity index (χ3v) is 6.83. The molecule has 1 aromatic heterocycles. The molecule has 3 nitrogen and oxygen atoms in total. The molecule has 1 aromatic carbocycles. The molecule has 3 rings (SSSR count). The van der Waals surface area contributed by atoms with Crippen LogP contribution in [0.5, 0.6) is 5.88 Å². The highest BCUT2D eigenvalue weighted by molar-refractivity contribution is 5.60. The molecule has 1 aliphatic carbocycles. The Morgan fingerprint density at radius 2 is 1.53 bits per heavy atom. The zero-order valence-electron chi connectivity index (χ0n) is 19.7. The third-order valence-electron chi connectivity index (χ3n) is 6.83. The monoisotopic (exact) mass is 444 g/mol. The molecule has 0 unspecified atom stereocenters. The van der Waals surface area contributed by atoms with E-state index in [9.17, 15) is 8.78 Å². The predicted molar refractivity (Wildman–Crippen MR) is 126 cm³/mol. The second-order valence-corrected chi connectivity index (χ2v) is 9.28. The van der Waals surface area contributed by atoms with Crippen LogP contribution in [-0.4, -0.2) is 16.8 Å². The number of unbranched alkanes of at least 4 members (excludes halogenated alkanes) is 3. The van der Waals surface area contributed by atoms with Crippen LogP contribution in [0.25, 0.3) is 11.3 Å². The average Bonchev–Trinajstić information content (AvgIpc) is 2.82. The number of benzene rings is 1. The summed E-state index contributed by atoms with van der Waals surface area (Å²) >= 11 is 0. The zero-order chi connectivity index (χ0) is 22.8. The molecule has 0 bridgehead atoms. The van der Waals surface area contributed by atoms with Crippen LogP contribution >= 0.6 is 0 Å². The van der Waals surface area contributed by atoms with E-state index < -0.39 is 11.6 Å². The quantitative estimate of drug-likeness (QED) is 0.312. The summed E-state index contributed by atoms with van der Waals surface area (Å²) in [4.78, 5) is 0. The maximum atomic E-state index is 14.8. The van der Waals surface area contributed by atoms with Gasteiger partial charge in [-0.15, -0.1) is 10.2 Å². The number of rotatable bonds is 12. The first-order valence-corrected chi connectivity index (χ1v) is 12.6. The second-order valence-electron chi connectivity index (χ2n) is 9.28. The molecule has 0 N–H and O–H groups in total. The van der Waals surface area contributed by atoms with Crippen LogP contribution in [0, 0.1) is 23.5 Å². The van der Waals surface area contributed by atoms with E-state index in [2.05, 4.69) is 24.0 Å². The predicted octanol–water partition coefficient (Wildman–Crippen LogP) is 7.92. The van der Waals surface area contributed by atoms with E-state index in [1.165, 1.54) is 51.4 Å². The fourth-order valence-electron chi connectivity index (χ4n) is 4.69. The Balaban J connectivity index is 1.52. The lowest BCUT2D eigenvalue weighted by molar-refractivity contribution is 0.248. The first-order chi connectivity index (χ1) is 15.6. The van der Waals surface area contributed by atoms with Crippen LogP contribution in [0.3, 0.4) is 0 Å². The van der Waals surface area contributed by atoms with E-state index in [0.717, 1.165) is 25.2 Å². The van der Waals surface area contributed by atoms with Crippen molar-refractivity contribution in [3.8, 4) is 17.1 Å². The molecule has 1 fully saturated rings. The minimum absolute atomic E-state index is 0.145. The molecule has 176 valence electrons. The fourth-order valence-corrected chi connectivity index (χ4v) is 4.69. The van der Waals surface area contributed by atoms with Crippen LogP contribution in [0.1, 0.15) is 90.0 Å². The van der Waals surface area contributed by atoms with Gasteiger partial charge in [-0.25, -0.2) is 8.78 Å². The number of aryl methyl sites for hydroxylation is 1. The third kappa shape index (κ3) is 6.98. The highest BCUT2D eigenvalue weighted by atomic mass is 19.2. The van der Waals surface area contributed by atoms with Gasteiger partial charge in [0.25, 0.3) is 0 Å². The molecule has 0 atom stereocenters. The summed E-state index contributed by atoms with van der Waals surface area (Å²) in [6.07, 6.45) is 13.8. The Bertz CT molecular complexity index is 817. The maximum Gasteiger partial charge on any atom is 0.233 e. The van der Waals surface area contributed by atoms with Crippen LogP contribution in [0.15, 0.2) is 24.3 Å². The number of hydrogen-bond donors (Lipinski definition) is 0. The molecule has 1 saturated carbocycles. The van der Waals surface area contributed by atoms with Gasteiger partial charge >= 0.3 is 0 Å². The van der Waals surface area contributed by atoms with E-state index in [1.807, 2.05) is 0 Å². The van der Waals surface area contributed by atoms with Gasteiger partial charge in [-0.2, -0.15) is 0 Å². The molecule has 0 saturated heterocycles. The van der Waals surface area contributed by atoms with Crippen molar-refractivity contribution < 1.29 is 13.5 Å². The summed E-state index contributed by atoms with van der Waals surface area (Å²) in [6, 6.07) is 6.62. The van der Waals surface area contributed by atoms with Crippen molar-refractivity contribution in [1.82, 2.24) is 10.2 Å². The molecule has 1 aliphatic rings. The minimum Gasteiger partial charge on any atom is -0.477 e. The zero-order valence-corrected chi connectivity index (χ0v) is 19.7. The van der Waals surface area contributed by atoms with Crippen molar-refractivity contribution in [1.29, 1.82) is 0 Å². The number of hydrogen-bond acceptors (Lipinski definition) is 3. The van der Waals surface area contributed by atoms with Gasteiger partial charge in [-0.1, -0.05) is 77.7 Å². The molecule has 0 amide bonds. The Labute approximate surface area is 192 Å². The minimum atomic E-state index is -0.837. The topological polar surface area (TPSA) is 35.0 Å². The lowest BCUT2D eigenvalue weighted by atomic mass is 9.77. The van der Waals surface area contributed by atoms with Crippen molar-refractivity contribution in [2.75, 3.05) is 6.61 Å². The molecule has 0 aliphatic heterocycles. The van der Waals surface area contributed by atoms with Crippen molar-refractivity contribution in [3.05, 3.63) is 41.5 Å². The molecule has 1 heterocycles. The van der Waals surface area contributed by atoms with Crippen molar-refractivity contribution in [2.24, 2.45) is 11.8 Å². The van der Waals surface area contributed by atoms with Gasteiger partial charge in [-0.05, 0) is 48.8 Å². The Morgan fingerprint density at radius 1 is 0.812 bits per heavy atom. The molecule has 0 spiro atoms. The maximum absolute atomic E-state index is 14.8. The van der Waals surface area contributed by atoms with E-state index >= 15 is 0 Å². The van der Waals surface area contributed by atoms with Crippen molar-refractivity contribution >= 4 is 0 Å². The van der Waals surface area contributed by atoms with E-state index in [-0.39, 0.29) is 5.56 Å². The van der Waals surface area contributed by atoms with Gasteiger partial charge in [-0.3, -0.25) is 0 Å². The standard InChI is InChI=1S/C27H38F2N2O/c1-3-5-7-8-20-9-11-21(12-10-20)13-14-22-15-16-23(27(29)26(22)28)24-17-18-25(31-30-24)32-19-6-4-2/h15-18,20-21H,3-14,19H2,1-2H3/t20-,21-. The van der Waals surface area contributed by atoms with Gasteiger partial charge in [0, 0.05) is 11.6 Å².